The zero-order chi connectivity index (χ0) is 10.7. The molecule has 0 spiro atoms. The Bertz CT molecular complexity index is 382. The third kappa shape index (κ3) is 1.74. The summed E-state index contributed by atoms with van der Waals surface area (Å²) < 4.78 is 4.89. The summed E-state index contributed by atoms with van der Waals surface area (Å²) >= 11 is 0. The van der Waals surface area contributed by atoms with E-state index in [9.17, 15) is 9.59 Å². The van der Waals surface area contributed by atoms with Gasteiger partial charge in [-0.05, 0) is 24.6 Å². The summed E-state index contributed by atoms with van der Waals surface area (Å²) in [7, 11) is 1.37. The van der Waals surface area contributed by atoms with Gasteiger partial charge >= 0.3 is 5.97 Å². The van der Waals surface area contributed by atoms with Crippen LogP contribution in [0.3, 0.4) is 0 Å². The normalized spacial score (nSPS) is 9.57. The van der Waals surface area contributed by atoms with Gasteiger partial charge in [-0.2, -0.15) is 0 Å². The number of hydrogen-bond donors (Lipinski definition) is 1. The quantitative estimate of drug-likeness (QED) is 0.741. The van der Waals surface area contributed by atoms with Crippen LogP contribution >= 0.6 is 0 Å². The maximum atomic E-state index is 10.8. The first kappa shape index (κ1) is 10.2. The number of aryl methyl sites for hydroxylation is 1. The van der Waals surface area contributed by atoms with Gasteiger partial charge in [0, 0.05) is 5.56 Å². The number of benzene rings is 1. The van der Waals surface area contributed by atoms with E-state index >= 15 is 0 Å². The first-order chi connectivity index (χ1) is 6.60. The third-order valence-electron chi connectivity index (χ3n) is 1.89. The minimum absolute atomic E-state index is 0.0955. The van der Waals surface area contributed by atoms with Crippen molar-refractivity contribution in [2.75, 3.05) is 7.11 Å². The summed E-state index contributed by atoms with van der Waals surface area (Å²) in [5.74, 6) is -0.851. The molecule has 1 rings (SSSR count). The average molecular weight is 194 g/mol. The van der Waals surface area contributed by atoms with E-state index in [2.05, 4.69) is 0 Å². The molecule has 0 bridgehead atoms. The van der Waals surface area contributed by atoms with Crippen molar-refractivity contribution >= 4 is 12.3 Å². The Balaban J connectivity index is 3.42. The first-order valence-corrected chi connectivity index (χ1v) is 3.97. The fourth-order valence-corrected chi connectivity index (χ4v) is 1.28. The molecule has 0 aliphatic heterocycles. The van der Waals surface area contributed by atoms with Gasteiger partial charge in [-0.25, -0.2) is 4.79 Å². The number of carboxylic acids is 1. The molecule has 4 nitrogen and oxygen atoms in total. The van der Waals surface area contributed by atoms with Gasteiger partial charge < -0.3 is 9.84 Å². The van der Waals surface area contributed by atoms with Gasteiger partial charge in [0.15, 0.2) is 0 Å². The van der Waals surface area contributed by atoms with Gasteiger partial charge in [0.1, 0.15) is 17.6 Å². The second-order valence-electron chi connectivity index (χ2n) is 2.84. The number of methoxy groups -OCH3 is 1. The molecule has 0 aliphatic rings. The maximum Gasteiger partial charge on any atom is 0.339 e. The van der Waals surface area contributed by atoms with Crippen molar-refractivity contribution in [3.8, 4) is 5.75 Å². The zero-order valence-corrected chi connectivity index (χ0v) is 7.90. The summed E-state index contributed by atoms with van der Waals surface area (Å²) in [5.41, 5.74) is 1.02. The van der Waals surface area contributed by atoms with Crippen LogP contribution in [-0.4, -0.2) is 24.5 Å². The first-order valence-electron chi connectivity index (χ1n) is 3.97. The predicted molar refractivity (Wildman–Crippen MR) is 50.1 cm³/mol. The van der Waals surface area contributed by atoms with Crippen molar-refractivity contribution in [3.63, 3.8) is 0 Å². The molecule has 0 saturated heterocycles. The van der Waals surface area contributed by atoms with Crippen molar-refractivity contribution in [3.05, 3.63) is 28.8 Å². The molecule has 1 aromatic carbocycles. The molecular formula is C10H10O4. The van der Waals surface area contributed by atoms with Crippen LogP contribution < -0.4 is 4.74 Å². The van der Waals surface area contributed by atoms with Crippen LogP contribution in [0.1, 0.15) is 26.3 Å². The summed E-state index contributed by atoms with van der Waals surface area (Å²) in [6.07, 6.45) is 0.654. The Labute approximate surface area is 81.1 Å². The van der Waals surface area contributed by atoms with Crippen LogP contribution in [0.25, 0.3) is 0 Å². The Morgan fingerprint density at radius 1 is 1.50 bits per heavy atom. The molecule has 0 aliphatic carbocycles. The second-order valence-corrected chi connectivity index (χ2v) is 2.84. The molecule has 4 heteroatoms. The molecule has 0 atom stereocenters. The number of aromatic carboxylic acids is 1. The van der Waals surface area contributed by atoms with Gasteiger partial charge in [0.05, 0.1) is 7.11 Å². The molecule has 0 heterocycles. The number of hydrogen-bond acceptors (Lipinski definition) is 3. The smallest absolute Gasteiger partial charge is 0.339 e. The van der Waals surface area contributed by atoms with Crippen LogP contribution in [0.5, 0.6) is 5.75 Å². The van der Waals surface area contributed by atoms with Crippen LogP contribution in [0, 0.1) is 6.92 Å². The van der Waals surface area contributed by atoms with E-state index in [1.54, 1.807) is 6.92 Å². The Hall–Kier alpha value is -1.84. The highest BCUT2D eigenvalue weighted by molar-refractivity contribution is 5.94. The predicted octanol–water partition coefficient (Wildman–Crippen LogP) is 1.51. The Kier molecular flexibility index (Phi) is 2.86. The molecular weight excluding hydrogens is 184 g/mol. The van der Waals surface area contributed by atoms with E-state index in [-0.39, 0.29) is 11.3 Å². The molecule has 1 N–H and O–H groups in total. The number of carbonyl (C=O) groups is 2. The van der Waals surface area contributed by atoms with Crippen molar-refractivity contribution in [1.82, 2.24) is 0 Å². The van der Waals surface area contributed by atoms with E-state index < -0.39 is 5.97 Å². The van der Waals surface area contributed by atoms with Gasteiger partial charge in [-0.1, -0.05) is 0 Å². The molecule has 14 heavy (non-hydrogen) atoms. The lowest BCUT2D eigenvalue weighted by atomic mass is 10.0. The van der Waals surface area contributed by atoms with E-state index in [1.807, 2.05) is 0 Å². The number of aldehydes is 1. The lowest BCUT2D eigenvalue weighted by Crippen LogP contribution is -2.04. The lowest BCUT2D eigenvalue weighted by molar-refractivity contribution is 0.0692. The lowest BCUT2D eigenvalue weighted by Gasteiger charge is -2.08. The van der Waals surface area contributed by atoms with Crippen molar-refractivity contribution < 1.29 is 19.4 Å². The topological polar surface area (TPSA) is 63.6 Å². The highest BCUT2D eigenvalue weighted by Gasteiger charge is 2.14. The largest absolute Gasteiger partial charge is 0.496 e. The molecule has 0 amide bonds. The monoisotopic (exact) mass is 194 g/mol. The van der Waals surface area contributed by atoms with Crippen LogP contribution in [0.15, 0.2) is 12.1 Å². The minimum Gasteiger partial charge on any atom is -0.496 e. The SMILES string of the molecule is COc1cc(C=O)cc(C)c1C(=O)O. The highest BCUT2D eigenvalue weighted by Crippen LogP contribution is 2.23. The van der Waals surface area contributed by atoms with E-state index in [0.29, 0.717) is 17.4 Å². The van der Waals surface area contributed by atoms with Crippen LogP contribution in [-0.2, 0) is 0 Å². The van der Waals surface area contributed by atoms with Gasteiger partial charge in [0.2, 0.25) is 0 Å². The van der Waals surface area contributed by atoms with Gasteiger partial charge in [-0.3, -0.25) is 4.79 Å². The van der Waals surface area contributed by atoms with E-state index in [0.717, 1.165) is 0 Å². The highest BCUT2D eigenvalue weighted by atomic mass is 16.5. The number of ether oxygens (including phenoxy) is 1. The molecule has 0 aromatic heterocycles. The summed E-state index contributed by atoms with van der Waals surface area (Å²) in [4.78, 5) is 21.3. The summed E-state index contributed by atoms with van der Waals surface area (Å²) in [5, 5.41) is 8.87. The fourth-order valence-electron chi connectivity index (χ4n) is 1.28. The van der Waals surface area contributed by atoms with Gasteiger partial charge in [-0.15, -0.1) is 0 Å². The Morgan fingerprint density at radius 3 is 2.57 bits per heavy atom. The number of rotatable bonds is 3. The van der Waals surface area contributed by atoms with Gasteiger partial charge in [0.25, 0.3) is 0 Å². The van der Waals surface area contributed by atoms with Crippen LogP contribution in [0.2, 0.25) is 0 Å². The number of carboxylic acid groups (broad SMARTS) is 1. The van der Waals surface area contributed by atoms with Crippen molar-refractivity contribution in [1.29, 1.82) is 0 Å². The summed E-state index contributed by atoms with van der Waals surface area (Å²) in [6.45, 7) is 1.62. The molecule has 0 saturated carbocycles. The third-order valence-corrected chi connectivity index (χ3v) is 1.89. The van der Waals surface area contributed by atoms with Crippen molar-refractivity contribution in [2.24, 2.45) is 0 Å². The molecule has 0 radical (unpaired) electrons. The molecule has 0 fully saturated rings. The standard InChI is InChI=1S/C10H10O4/c1-6-3-7(5-11)4-8(14-2)9(6)10(12)13/h3-5H,1-2H3,(H,12,13). The van der Waals surface area contributed by atoms with Crippen molar-refractivity contribution in [2.45, 2.75) is 6.92 Å². The molecule has 0 unspecified atom stereocenters. The van der Waals surface area contributed by atoms with Crippen LogP contribution in [0.4, 0.5) is 0 Å². The molecule has 1 aromatic rings. The second kappa shape index (κ2) is 3.91. The van der Waals surface area contributed by atoms with E-state index in [4.69, 9.17) is 9.84 Å². The minimum atomic E-state index is -1.06. The Morgan fingerprint density at radius 2 is 2.14 bits per heavy atom. The average Bonchev–Trinajstić information content (AvgIpc) is 2.15. The zero-order valence-electron chi connectivity index (χ0n) is 7.90. The molecule has 74 valence electrons. The van der Waals surface area contributed by atoms with E-state index in [1.165, 1.54) is 19.2 Å². The fraction of sp³-hybridized carbons (Fsp3) is 0.200. The summed E-state index contributed by atoms with van der Waals surface area (Å²) in [6, 6.07) is 2.92. The number of carbonyl (C=O) groups excluding carboxylic acids is 1. The maximum absolute atomic E-state index is 10.8.